The van der Waals surface area contributed by atoms with Gasteiger partial charge in [0.25, 0.3) is 0 Å². The lowest BCUT2D eigenvalue weighted by molar-refractivity contribution is 0.177. The molecule has 1 fully saturated rings. The molecule has 1 saturated heterocycles. The number of nitrogens with zero attached hydrogens (tertiary/aromatic N) is 3. The molecule has 0 spiro atoms. The van der Waals surface area contributed by atoms with Crippen molar-refractivity contribution in [2.45, 2.75) is 38.6 Å². The van der Waals surface area contributed by atoms with Crippen LogP contribution >= 0.6 is 0 Å². The summed E-state index contributed by atoms with van der Waals surface area (Å²) in [5.41, 5.74) is 0.697. The van der Waals surface area contributed by atoms with Gasteiger partial charge in [0.05, 0.1) is 13.2 Å². The van der Waals surface area contributed by atoms with Gasteiger partial charge in [0.2, 0.25) is 0 Å². The van der Waals surface area contributed by atoms with Gasteiger partial charge in [-0.25, -0.2) is 14.2 Å². The van der Waals surface area contributed by atoms with Gasteiger partial charge in [-0.1, -0.05) is 6.07 Å². The fourth-order valence-corrected chi connectivity index (χ4v) is 3.20. The lowest BCUT2D eigenvalue weighted by Crippen LogP contribution is -2.44. The molecule has 0 radical (unpaired) electrons. The van der Waals surface area contributed by atoms with Crippen LogP contribution < -0.4 is 10.1 Å². The number of carbonyl (C=O) groups excluding carboxylic acids is 1. The minimum atomic E-state index is -0.436. The third-order valence-electron chi connectivity index (χ3n) is 4.78. The van der Waals surface area contributed by atoms with E-state index in [1.807, 2.05) is 13.8 Å². The Kier molecular flexibility index (Phi) is 5.39. The number of H-pyrrole nitrogens is 1. The molecule has 3 rings (SSSR count). The summed E-state index contributed by atoms with van der Waals surface area (Å²) < 4.78 is 18.8. The smallest absolute Gasteiger partial charge is 0.317 e. The molecule has 1 aliphatic heterocycles. The quantitative estimate of drug-likeness (QED) is 0.877. The highest BCUT2D eigenvalue weighted by Crippen LogP contribution is 2.26. The highest BCUT2D eigenvalue weighted by atomic mass is 19.1. The van der Waals surface area contributed by atoms with Crippen LogP contribution in [-0.4, -0.2) is 46.3 Å². The number of likely N-dealkylation sites (tertiary alicyclic amines) is 1. The van der Waals surface area contributed by atoms with Crippen LogP contribution in [-0.2, 0) is 0 Å². The van der Waals surface area contributed by atoms with Crippen molar-refractivity contribution in [2.75, 3.05) is 20.2 Å². The van der Waals surface area contributed by atoms with E-state index in [-0.39, 0.29) is 23.7 Å². The van der Waals surface area contributed by atoms with Crippen LogP contribution in [0.2, 0.25) is 0 Å². The lowest BCUT2D eigenvalue weighted by Gasteiger charge is -2.31. The first-order valence-electron chi connectivity index (χ1n) is 8.75. The molecule has 2 amide bonds. The molecule has 1 aromatic heterocycles. The second kappa shape index (κ2) is 7.72. The minimum absolute atomic E-state index is 0.140. The van der Waals surface area contributed by atoms with Crippen molar-refractivity contribution < 1.29 is 13.9 Å². The van der Waals surface area contributed by atoms with Gasteiger partial charge >= 0.3 is 6.03 Å². The Morgan fingerprint density at radius 3 is 2.73 bits per heavy atom. The predicted octanol–water partition coefficient (Wildman–Crippen LogP) is 2.91. The molecule has 8 heteroatoms. The van der Waals surface area contributed by atoms with E-state index in [0.29, 0.717) is 18.7 Å². The Morgan fingerprint density at radius 2 is 2.15 bits per heavy atom. The normalized spacial score (nSPS) is 16.4. The molecular weight excluding hydrogens is 337 g/mol. The summed E-state index contributed by atoms with van der Waals surface area (Å²) in [4.78, 5) is 18.7. The number of aromatic amines is 1. The van der Waals surface area contributed by atoms with Gasteiger partial charge in [-0.05, 0) is 44.4 Å². The second-order valence-corrected chi connectivity index (χ2v) is 6.61. The number of piperidine rings is 1. The zero-order valence-corrected chi connectivity index (χ0v) is 15.3. The van der Waals surface area contributed by atoms with Crippen LogP contribution in [0.1, 0.15) is 48.9 Å². The average Bonchev–Trinajstić information content (AvgIpc) is 3.08. The number of aromatic nitrogens is 3. The molecular formula is C18H24FN5O2. The van der Waals surface area contributed by atoms with Crippen molar-refractivity contribution in [2.24, 2.45) is 0 Å². The number of urea groups is 1. The Balaban J connectivity index is 1.54. The molecule has 2 aromatic rings. The number of hydrogen-bond acceptors (Lipinski definition) is 4. The molecule has 0 saturated carbocycles. The van der Waals surface area contributed by atoms with Crippen LogP contribution in [0.3, 0.4) is 0 Å². The Bertz CT molecular complexity index is 771. The molecule has 7 nitrogen and oxygen atoms in total. The number of rotatable bonds is 4. The SMILES string of the molecule is COc1ccc([C@H](C)NC(=O)N2CCC(c3n[nH]c(C)n3)CC2)cc1F. The number of nitrogens with one attached hydrogen (secondary N) is 2. The van der Waals surface area contributed by atoms with Crippen LogP contribution in [0.15, 0.2) is 18.2 Å². The van der Waals surface area contributed by atoms with E-state index in [1.165, 1.54) is 13.2 Å². The number of halogens is 1. The summed E-state index contributed by atoms with van der Waals surface area (Å²) in [6.07, 6.45) is 1.66. The number of ether oxygens (including phenoxy) is 1. The summed E-state index contributed by atoms with van der Waals surface area (Å²) in [7, 11) is 1.42. The molecule has 2 N–H and O–H groups in total. The molecule has 0 bridgehead atoms. The van der Waals surface area contributed by atoms with Gasteiger partial charge in [0.1, 0.15) is 5.82 Å². The fraction of sp³-hybridized carbons (Fsp3) is 0.500. The second-order valence-electron chi connectivity index (χ2n) is 6.61. The first-order chi connectivity index (χ1) is 12.5. The number of hydrogen-bond donors (Lipinski definition) is 2. The van der Waals surface area contributed by atoms with Gasteiger partial charge in [0.15, 0.2) is 17.4 Å². The number of carbonyl (C=O) groups is 1. The van der Waals surface area contributed by atoms with E-state index in [0.717, 1.165) is 24.5 Å². The van der Waals surface area contributed by atoms with Crippen molar-refractivity contribution in [1.82, 2.24) is 25.4 Å². The Hall–Kier alpha value is -2.64. The lowest BCUT2D eigenvalue weighted by atomic mass is 9.96. The molecule has 26 heavy (non-hydrogen) atoms. The first-order valence-corrected chi connectivity index (χ1v) is 8.75. The molecule has 2 heterocycles. The Labute approximate surface area is 151 Å². The predicted molar refractivity (Wildman–Crippen MR) is 94.6 cm³/mol. The van der Waals surface area contributed by atoms with E-state index in [1.54, 1.807) is 17.0 Å². The Morgan fingerprint density at radius 1 is 1.42 bits per heavy atom. The van der Waals surface area contributed by atoms with E-state index < -0.39 is 5.82 Å². The van der Waals surface area contributed by atoms with Gasteiger partial charge in [-0.2, -0.15) is 5.10 Å². The van der Waals surface area contributed by atoms with Crippen molar-refractivity contribution in [3.05, 3.63) is 41.2 Å². The topological polar surface area (TPSA) is 83.1 Å². The standard InChI is InChI=1S/C18H24FN5O2/c1-11(14-4-5-16(26-3)15(19)10-14)20-18(25)24-8-6-13(7-9-24)17-21-12(2)22-23-17/h4-5,10-11,13H,6-9H2,1-3H3,(H,20,25)(H,21,22,23)/t11-/m0/s1. The van der Waals surface area contributed by atoms with Crippen LogP contribution in [0.4, 0.5) is 9.18 Å². The van der Waals surface area contributed by atoms with Gasteiger partial charge < -0.3 is 15.0 Å². The zero-order valence-electron chi connectivity index (χ0n) is 15.3. The largest absolute Gasteiger partial charge is 0.494 e. The molecule has 1 atom stereocenters. The van der Waals surface area contributed by atoms with Gasteiger partial charge in [-0.15, -0.1) is 0 Å². The maximum absolute atomic E-state index is 13.8. The summed E-state index contributed by atoms with van der Waals surface area (Å²) in [6, 6.07) is 4.28. The van der Waals surface area contributed by atoms with Crippen molar-refractivity contribution in [3.8, 4) is 5.75 Å². The monoisotopic (exact) mass is 361 g/mol. The van der Waals surface area contributed by atoms with E-state index in [4.69, 9.17) is 4.74 Å². The van der Waals surface area contributed by atoms with Crippen molar-refractivity contribution >= 4 is 6.03 Å². The summed E-state index contributed by atoms with van der Waals surface area (Å²) in [6.45, 7) is 5.01. The minimum Gasteiger partial charge on any atom is -0.494 e. The molecule has 140 valence electrons. The average molecular weight is 361 g/mol. The fourth-order valence-electron chi connectivity index (χ4n) is 3.20. The molecule has 1 aromatic carbocycles. The van der Waals surface area contributed by atoms with E-state index in [9.17, 15) is 9.18 Å². The molecule has 0 unspecified atom stereocenters. The van der Waals surface area contributed by atoms with Crippen LogP contribution in [0.5, 0.6) is 5.75 Å². The van der Waals surface area contributed by atoms with E-state index in [2.05, 4.69) is 20.5 Å². The number of amides is 2. The highest BCUT2D eigenvalue weighted by Gasteiger charge is 2.26. The molecule has 1 aliphatic rings. The van der Waals surface area contributed by atoms with E-state index >= 15 is 0 Å². The third kappa shape index (κ3) is 3.95. The van der Waals surface area contributed by atoms with Crippen LogP contribution in [0, 0.1) is 12.7 Å². The zero-order chi connectivity index (χ0) is 18.7. The van der Waals surface area contributed by atoms with Crippen molar-refractivity contribution in [3.63, 3.8) is 0 Å². The van der Waals surface area contributed by atoms with Gasteiger partial charge in [0, 0.05) is 19.0 Å². The maximum atomic E-state index is 13.8. The third-order valence-corrected chi connectivity index (χ3v) is 4.78. The van der Waals surface area contributed by atoms with Gasteiger partial charge in [-0.3, -0.25) is 5.10 Å². The number of benzene rings is 1. The summed E-state index contributed by atoms with van der Waals surface area (Å²) >= 11 is 0. The first kappa shape index (κ1) is 18.2. The summed E-state index contributed by atoms with van der Waals surface area (Å²) in [5, 5.41) is 10.0. The number of aryl methyl sites for hydroxylation is 1. The van der Waals surface area contributed by atoms with Crippen molar-refractivity contribution in [1.29, 1.82) is 0 Å². The van der Waals surface area contributed by atoms with Crippen LogP contribution in [0.25, 0.3) is 0 Å². The number of methoxy groups -OCH3 is 1. The summed E-state index contributed by atoms with van der Waals surface area (Å²) in [5.74, 6) is 1.66. The highest BCUT2D eigenvalue weighted by molar-refractivity contribution is 5.74. The maximum Gasteiger partial charge on any atom is 0.317 e. The molecule has 0 aliphatic carbocycles.